The first-order valence-corrected chi connectivity index (χ1v) is 12.8. The Balaban J connectivity index is 1.94. The van der Waals surface area contributed by atoms with Crippen LogP contribution in [0.25, 0.3) is 10.8 Å². The van der Waals surface area contributed by atoms with E-state index < -0.39 is 32.8 Å². The van der Waals surface area contributed by atoms with Gasteiger partial charge in [-0.2, -0.15) is 10.2 Å². The maximum atomic E-state index is 12.2. The quantitative estimate of drug-likeness (QED) is 0.0819. The molecule has 13 nitrogen and oxygen atoms in total. The van der Waals surface area contributed by atoms with Crippen molar-refractivity contribution in [2.45, 2.75) is 9.79 Å². The number of anilines is 1. The molecule has 0 aromatic heterocycles. The van der Waals surface area contributed by atoms with Crippen molar-refractivity contribution in [1.82, 2.24) is 0 Å². The van der Waals surface area contributed by atoms with Crippen LogP contribution in [0.4, 0.5) is 34.1 Å². The summed E-state index contributed by atoms with van der Waals surface area (Å²) in [4.78, 5) is 9.83. The lowest BCUT2D eigenvalue weighted by Gasteiger charge is -2.15. The predicted molar refractivity (Wildman–Crippen MR) is 141 cm³/mol. The number of nitro benzene ring substituents is 1. The summed E-state index contributed by atoms with van der Waals surface area (Å²) >= 11 is -5.17. The smallest absolute Gasteiger partial charge is 0.269 e. The molecule has 2 atom stereocenters. The monoisotopic (exact) mass is 554 g/mol. The number of fused-ring (bicyclic) bond motifs is 1. The summed E-state index contributed by atoms with van der Waals surface area (Å²) in [6.07, 6.45) is 0. The van der Waals surface area contributed by atoms with Gasteiger partial charge in [-0.3, -0.25) is 10.1 Å². The van der Waals surface area contributed by atoms with E-state index in [1.165, 1.54) is 43.4 Å². The number of hydrogen-bond donors (Lipinski definition) is 4. The molecule has 4 aromatic carbocycles. The minimum atomic E-state index is -2.59. The van der Waals surface area contributed by atoms with Crippen molar-refractivity contribution in [3.63, 3.8) is 0 Å². The fourth-order valence-electron chi connectivity index (χ4n) is 3.54. The number of rotatable bonds is 8. The number of nitro groups is 1. The Bertz CT molecular complexity index is 1640. The van der Waals surface area contributed by atoms with Crippen LogP contribution in [0.3, 0.4) is 0 Å². The fraction of sp³-hybridized carbons (Fsp3) is 0.0435. The molecule has 0 radical (unpaired) electrons. The highest BCUT2D eigenvalue weighted by atomic mass is 32.2. The zero-order chi connectivity index (χ0) is 27.4. The SMILES string of the molecule is CNc1c(N=Nc2ccc([N+](=O)[O-])cc2)c(S(=O)O)cc2cc(S(=O)O)c(N=Nc3ccccc3)c(O)c12. The summed E-state index contributed by atoms with van der Waals surface area (Å²) in [5.74, 6) is -0.522. The molecule has 0 aliphatic rings. The van der Waals surface area contributed by atoms with E-state index in [9.17, 15) is 32.7 Å². The highest BCUT2D eigenvalue weighted by Gasteiger charge is 2.24. The van der Waals surface area contributed by atoms with Crippen molar-refractivity contribution in [3.05, 3.63) is 76.8 Å². The summed E-state index contributed by atoms with van der Waals surface area (Å²) in [6.45, 7) is 0. The average Bonchev–Trinajstić information content (AvgIpc) is 2.91. The second-order valence-electron chi connectivity index (χ2n) is 7.53. The van der Waals surface area contributed by atoms with Gasteiger partial charge in [-0.1, -0.05) is 18.2 Å². The van der Waals surface area contributed by atoms with Gasteiger partial charge >= 0.3 is 0 Å². The van der Waals surface area contributed by atoms with Gasteiger partial charge in [0.05, 0.1) is 37.2 Å². The Kier molecular flexibility index (Phi) is 7.92. The zero-order valence-corrected chi connectivity index (χ0v) is 21.0. The van der Waals surface area contributed by atoms with Crippen LogP contribution in [-0.4, -0.2) is 34.6 Å². The van der Waals surface area contributed by atoms with E-state index in [1.807, 2.05) is 0 Å². The number of benzene rings is 4. The lowest BCUT2D eigenvalue weighted by molar-refractivity contribution is -0.384. The molecule has 0 heterocycles. The molecule has 2 unspecified atom stereocenters. The first kappa shape index (κ1) is 26.6. The molecule has 15 heteroatoms. The molecule has 4 aromatic rings. The molecule has 0 bridgehead atoms. The molecule has 0 aliphatic heterocycles. The molecule has 38 heavy (non-hydrogen) atoms. The van der Waals surface area contributed by atoms with Crippen LogP contribution >= 0.6 is 0 Å². The normalized spacial score (nSPS) is 13.2. The number of hydrogen-bond acceptors (Lipinski definition) is 10. The second kappa shape index (κ2) is 11.3. The second-order valence-corrected chi connectivity index (χ2v) is 9.40. The minimum absolute atomic E-state index is 0.0782. The van der Waals surface area contributed by atoms with Gasteiger partial charge in [0.1, 0.15) is 11.4 Å². The highest BCUT2D eigenvalue weighted by Crippen LogP contribution is 2.48. The van der Waals surface area contributed by atoms with Crippen molar-refractivity contribution in [1.29, 1.82) is 0 Å². The zero-order valence-electron chi connectivity index (χ0n) is 19.4. The van der Waals surface area contributed by atoms with Crippen molar-refractivity contribution in [2.24, 2.45) is 20.5 Å². The van der Waals surface area contributed by atoms with Gasteiger partial charge < -0.3 is 19.5 Å². The summed E-state index contributed by atoms with van der Waals surface area (Å²) in [6, 6.07) is 16.1. The van der Waals surface area contributed by atoms with E-state index >= 15 is 0 Å². The lowest BCUT2D eigenvalue weighted by Crippen LogP contribution is -1.99. The van der Waals surface area contributed by atoms with E-state index in [4.69, 9.17) is 0 Å². The number of phenolic OH excluding ortho intramolecular Hbond substituents is 1. The summed E-state index contributed by atoms with van der Waals surface area (Å²) in [5.41, 5.74) is 0.184. The van der Waals surface area contributed by atoms with Crippen LogP contribution in [0.15, 0.2) is 97.0 Å². The summed E-state index contributed by atoms with van der Waals surface area (Å²) in [5, 5.41) is 41.2. The van der Waals surface area contributed by atoms with E-state index in [1.54, 1.807) is 30.3 Å². The first-order valence-electron chi connectivity index (χ1n) is 10.6. The van der Waals surface area contributed by atoms with Crippen LogP contribution < -0.4 is 5.32 Å². The fourth-order valence-corrected chi connectivity index (χ4v) is 4.60. The van der Waals surface area contributed by atoms with Gasteiger partial charge in [-0.05, 0) is 41.8 Å². The number of phenols is 1. The molecule has 0 spiro atoms. The molecule has 0 fully saturated rings. The molecule has 0 saturated carbocycles. The Morgan fingerprint density at radius 3 is 1.87 bits per heavy atom. The highest BCUT2D eigenvalue weighted by molar-refractivity contribution is 7.79. The molecule has 0 aliphatic carbocycles. The summed E-state index contributed by atoms with van der Waals surface area (Å²) in [7, 11) is 1.48. The van der Waals surface area contributed by atoms with Crippen LogP contribution in [0, 0.1) is 10.1 Å². The Hall–Kier alpha value is -4.44. The predicted octanol–water partition coefficient (Wildman–Crippen LogP) is 6.49. The van der Waals surface area contributed by atoms with Crippen molar-refractivity contribution in [3.8, 4) is 5.75 Å². The van der Waals surface area contributed by atoms with Gasteiger partial charge in [0.2, 0.25) is 0 Å². The third-order valence-electron chi connectivity index (χ3n) is 5.25. The molecule has 4 rings (SSSR count). The standard InChI is InChI=1S/C23H18N6O7S2/c1-24-22-19-13(12-18(38(35)36)21(23(19)30)28-25-14-5-3-2-4-6-14)11-17(37(33)34)20(22)27-26-15-7-9-16(10-8-15)29(31)32/h2-12,24,30H,1H3,(H,33,34)(H,35,36). The lowest BCUT2D eigenvalue weighted by atomic mass is 10.0. The molecule has 0 amide bonds. The number of non-ortho nitro benzene ring substituents is 1. The van der Waals surface area contributed by atoms with Crippen LogP contribution in [0.2, 0.25) is 0 Å². The number of azo groups is 2. The Labute approximate surface area is 219 Å². The van der Waals surface area contributed by atoms with Gasteiger partial charge in [-0.15, -0.1) is 10.2 Å². The Morgan fingerprint density at radius 2 is 1.34 bits per heavy atom. The topological polar surface area (TPSA) is 199 Å². The number of nitrogens with one attached hydrogen (secondary N) is 1. The first-order chi connectivity index (χ1) is 18.2. The van der Waals surface area contributed by atoms with Gasteiger partial charge in [0.25, 0.3) is 5.69 Å². The Morgan fingerprint density at radius 1 is 0.816 bits per heavy atom. The largest absolute Gasteiger partial charge is 0.505 e. The van der Waals surface area contributed by atoms with E-state index in [0.717, 1.165) is 0 Å². The average molecular weight is 555 g/mol. The van der Waals surface area contributed by atoms with Crippen molar-refractivity contribution in [2.75, 3.05) is 12.4 Å². The molecule has 0 saturated heterocycles. The number of aromatic hydroxyl groups is 1. The minimum Gasteiger partial charge on any atom is -0.505 e. The van der Waals surface area contributed by atoms with Crippen molar-refractivity contribution < 1.29 is 27.6 Å². The van der Waals surface area contributed by atoms with Gasteiger partial charge in [0, 0.05) is 19.2 Å². The third-order valence-corrected chi connectivity index (χ3v) is 6.63. The maximum absolute atomic E-state index is 12.2. The van der Waals surface area contributed by atoms with E-state index in [-0.39, 0.29) is 49.0 Å². The van der Waals surface area contributed by atoms with Crippen LogP contribution in [0.1, 0.15) is 0 Å². The molecular formula is C23H18N6O7S2. The third kappa shape index (κ3) is 5.45. The van der Waals surface area contributed by atoms with Crippen LogP contribution in [0.5, 0.6) is 5.75 Å². The van der Waals surface area contributed by atoms with Gasteiger partial charge in [-0.25, -0.2) is 8.42 Å². The number of nitrogens with zero attached hydrogens (tertiary/aromatic N) is 5. The van der Waals surface area contributed by atoms with E-state index in [2.05, 4.69) is 25.8 Å². The van der Waals surface area contributed by atoms with Gasteiger partial charge in [0.15, 0.2) is 27.9 Å². The van der Waals surface area contributed by atoms with Crippen molar-refractivity contribution >= 4 is 67.1 Å². The van der Waals surface area contributed by atoms with E-state index in [0.29, 0.717) is 5.69 Å². The maximum Gasteiger partial charge on any atom is 0.269 e. The van der Waals surface area contributed by atoms with Crippen LogP contribution in [-0.2, 0) is 22.2 Å². The molecule has 194 valence electrons. The summed E-state index contributed by atoms with van der Waals surface area (Å²) < 4.78 is 44.1. The molecular weight excluding hydrogens is 536 g/mol. The molecule has 4 N–H and O–H groups in total.